The fourth-order valence-electron chi connectivity index (χ4n) is 1.31. The van der Waals surface area contributed by atoms with Crippen molar-refractivity contribution in [2.75, 3.05) is 0 Å². The molecule has 0 amide bonds. The normalized spacial score (nSPS) is 12.7. The van der Waals surface area contributed by atoms with Crippen molar-refractivity contribution < 1.29 is 0 Å². The van der Waals surface area contributed by atoms with Gasteiger partial charge in [0.15, 0.2) is 0 Å². The van der Waals surface area contributed by atoms with E-state index in [2.05, 4.69) is 29.0 Å². The summed E-state index contributed by atoms with van der Waals surface area (Å²) < 4.78 is 0. The van der Waals surface area contributed by atoms with E-state index < -0.39 is 0 Å². The van der Waals surface area contributed by atoms with Crippen molar-refractivity contribution in [3.63, 3.8) is 0 Å². The van der Waals surface area contributed by atoms with Crippen LogP contribution in [0.2, 0.25) is 0 Å². The third-order valence-corrected chi connectivity index (χ3v) is 2.38. The molecule has 3 nitrogen and oxygen atoms in total. The lowest BCUT2D eigenvalue weighted by molar-refractivity contribution is 0.517. The average Bonchev–Trinajstić information content (AvgIpc) is 2.58. The first-order valence-corrected chi connectivity index (χ1v) is 5.07. The summed E-state index contributed by atoms with van der Waals surface area (Å²) >= 11 is 0. The van der Waals surface area contributed by atoms with Crippen LogP contribution in [0, 0.1) is 6.92 Å². The van der Waals surface area contributed by atoms with Crippen molar-refractivity contribution in [3.8, 4) is 0 Å². The Kier molecular flexibility index (Phi) is 4.40. The number of hydrogen-bond acceptors (Lipinski definition) is 2. The van der Waals surface area contributed by atoms with Crippen LogP contribution in [0.5, 0.6) is 0 Å². The summed E-state index contributed by atoms with van der Waals surface area (Å²) in [4.78, 5) is 0. The van der Waals surface area contributed by atoms with Crippen LogP contribution in [-0.4, -0.2) is 16.2 Å². The van der Waals surface area contributed by atoms with Crippen molar-refractivity contribution in [2.24, 2.45) is 0 Å². The van der Waals surface area contributed by atoms with Gasteiger partial charge in [-0.1, -0.05) is 6.08 Å². The first kappa shape index (κ1) is 11.0. The van der Waals surface area contributed by atoms with E-state index in [1.807, 2.05) is 19.2 Å². The molecule has 0 radical (unpaired) electrons. The van der Waals surface area contributed by atoms with Crippen LogP contribution in [0.15, 0.2) is 18.9 Å². The second-order valence-electron chi connectivity index (χ2n) is 3.67. The number of nitrogens with one attached hydrogen (secondary N) is 2. The molecule has 0 aliphatic rings. The maximum Gasteiger partial charge on any atom is 0.0535 e. The second-order valence-corrected chi connectivity index (χ2v) is 3.67. The standard InChI is InChI=1S/C11H19N3/c1-4-5-6-9(2)12-7-11-8-13-14-10(11)3/h4,8-9,12H,1,5-7H2,2-3H3,(H,13,14). The van der Waals surface area contributed by atoms with Crippen LogP contribution in [-0.2, 0) is 6.54 Å². The fraction of sp³-hybridized carbons (Fsp3) is 0.545. The summed E-state index contributed by atoms with van der Waals surface area (Å²) in [6.07, 6.45) is 6.04. The van der Waals surface area contributed by atoms with Crippen molar-refractivity contribution in [3.05, 3.63) is 30.1 Å². The summed E-state index contributed by atoms with van der Waals surface area (Å²) in [7, 11) is 0. The molecule has 2 N–H and O–H groups in total. The summed E-state index contributed by atoms with van der Waals surface area (Å²) in [5.41, 5.74) is 2.39. The molecule has 1 unspecified atom stereocenters. The quantitative estimate of drug-likeness (QED) is 0.680. The molecule has 0 aromatic carbocycles. The zero-order valence-electron chi connectivity index (χ0n) is 9.01. The summed E-state index contributed by atoms with van der Waals surface area (Å²) in [5, 5.41) is 10.4. The Morgan fingerprint density at radius 3 is 3.07 bits per heavy atom. The maximum absolute atomic E-state index is 3.98. The predicted octanol–water partition coefficient (Wildman–Crippen LogP) is 2.16. The zero-order valence-corrected chi connectivity index (χ0v) is 9.01. The Bertz CT molecular complexity index is 278. The van der Waals surface area contributed by atoms with E-state index in [1.165, 1.54) is 5.56 Å². The van der Waals surface area contributed by atoms with E-state index in [0.29, 0.717) is 6.04 Å². The van der Waals surface area contributed by atoms with Crippen LogP contribution >= 0.6 is 0 Å². The minimum atomic E-state index is 0.530. The molecule has 3 heteroatoms. The third kappa shape index (κ3) is 3.34. The molecule has 0 aliphatic heterocycles. The first-order chi connectivity index (χ1) is 6.74. The highest BCUT2D eigenvalue weighted by Crippen LogP contribution is 2.03. The minimum absolute atomic E-state index is 0.530. The number of aryl methyl sites for hydroxylation is 1. The average molecular weight is 193 g/mol. The van der Waals surface area contributed by atoms with Crippen LogP contribution in [0.3, 0.4) is 0 Å². The molecule has 1 heterocycles. The Labute approximate surface area is 85.6 Å². The highest BCUT2D eigenvalue weighted by Gasteiger charge is 2.03. The van der Waals surface area contributed by atoms with Crippen LogP contribution in [0.1, 0.15) is 31.0 Å². The highest BCUT2D eigenvalue weighted by atomic mass is 15.1. The summed E-state index contributed by atoms with van der Waals surface area (Å²) in [6.45, 7) is 8.84. The van der Waals surface area contributed by atoms with Gasteiger partial charge < -0.3 is 5.32 Å². The molecular weight excluding hydrogens is 174 g/mol. The van der Waals surface area contributed by atoms with E-state index >= 15 is 0 Å². The van der Waals surface area contributed by atoms with Crippen molar-refractivity contribution >= 4 is 0 Å². The molecule has 1 aromatic heterocycles. The third-order valence-electron chi connectivity index (χ3n) is 2.38. The first-order valence-electron chi connectivity index (χ1n) is 5.07. The molecular formula is C11H19N3. The van der Waals surface area contributed by atoms with Gasteiger partial charge in [-0.15, -0.1) is 6.58 Å². The second kappa shape index (κ2) is 5.60. The van der Waals surface area contributed by atoms with E-state index in [4.69, 9.17) is 0 Å². The lowest BCUT2D eigenvalue weighted by Crippen LogP contribution is -2.25. The Morgan fingerprint density at radius 1 is 1.71 bits per heavy atom. The Morgan fingerprint density at radius 2 is 2.50 bits per heavy atom. The Balaban J connectivity index is 2.26. The minimum Gasteiger partial charge on any atom is -0.310 e. The van der Waals surface area contributed by atoms with Crippen LogP contribution in [0.25, 0.3) is 0 Å². The lowest BCUT2D eigenvalue weighted by atomic mass is 10.1. The number of rotatable bonds is 6. The van der Waals surface area contributed by atoms with Gasteiger partial charge in [0.2, 0.25) is 0 Å². The van der Waals surface area contributed by atoms with Crippen molar-refractivity contribution in [1.82, 2.24) is 15.5 Å². The van der Waals surface area contributed by atoms with Crippen molar-refractivity contribution in [2.45, 2.75) is 39.3 Å². The molecule has 0 bridgehead atoms. The Hall–Kier alpha value is -1.09. The van der Waals surface area contributed by atoms with Crippen LogP contribution < -0.4 is 5.32 Å². The van der Waals surface area contributed by atoms with Gasteiger partial charge in [0.05, 0.1) is 6.20 Å². The van der Waals surface area contributed by atoms with Crippen LogP contribution in [0.4, 0.5) is 0 Å². The molecule has 0 aliphatic carbocycles. The number of aromatic amines is 1. The maximum atomic E-state index is 3.98. The molecule has 1 aromatic rings. The van der Waals surface area contributed by atoms with Gasteiger partial charge in [-0.05, 0) is 26.7 Å². The largest absolute Gasteiger partial charge is 0.310 e. The van der Waals surface area contributed by atoms with Gasteiger partial charge in [-0.2, -0.15) is 5.10 Å². The number of H-pyrrole nitrogens is 1. The molecule has 1 atom stereocenters. The monoisotopic (exact) mass is 193 g/mol. The zero-order chi connectivity index (χ0) is 10.4. The SMILES string of the molecule is C=CCCC(C)NCc1cn[nH]c1C. The lowest BCUT2D eigenvalue weighted by Gasteiger charge is -2.11. The van der Waals surface area contributed by atoms with E-state index in [0.717, 1.165) is 25.1 Å². The smallest absolute Gasteiger partial charge is 0.0535 e. The van der Waals surface area contributed by atoms with E-state index in [-0.39, 0.29) is 0 Å². The molecule has 0 spiro atoms. The molecule has 0 fully saturated rings. The topological polar surface area (TPSA) is 40.7 Å². The van der Waals surface area contributed by atoms with Gasteiger partial charge in [0.1, 0.15) is 0 Å². The predicted molar refractivity (Wildman–Crippen MR) is 59.1 cm³/mol. The van der Waals surface area contributed by atoms with Crippen molar-refractivity contribution in [1.29, 1.82) is 0 Å². The summed E-state index contributed by atoms with van der Waals surface area (Å²) in [5.74, 6) is 0. The molecule has 1 rings (SSSR count). The fourth-order valence-corrected chi connectivity index (χ4v) is 1.31. The number of hydrogen-bond donors (Lipinski definition) is 2. The van der Waals surface area contributed by atoms with Gasteiger partial charge in [-0.25, -0.2) is 0 Å². The number of nitrogens with zero attached hydrogens (tertiary/aromatic N) is 1. The van der Waals surface area contributed by atoms with Gasteiger partial charge >= 0.3 is 0 Å². The van der Waals surface area contributed by atoms with Gasteiger partial charge in [0, 0.05) is 23.8 Å². The van der Waals surface area contributed by atoms with Gasteiger partial charge in [-0.3, -0.25) is 5.10 Å². The van der Waals surface area contributed by atoms with Gasteiger partial charge in [0.25, 0.3) is 0 Å². The number of aromatic nitrogens is 2. The highest BCUT2D eigenvalue weighted by molar-refractivity contribution is 5.13. The molecule has 78 valence electrons. The molecule has 0 saturated carbocycles. The molecule has 14 heavy (non-hydrogen) atoms. The summed E-state index contributed by atoms with van der Waals surface area (Å²) in [6, 6.07) is 0.530. The van der Waals surface area contributed by atoms with E-state index in [1.54, 1.807) is 0 Å². The van der Waals surface area contributed by atoms with E-state index in [9.17, 15) is 0 Å². The molecule has 0 saturated heterocycles. The number of allylic oxidation sites excluding steroid dienone is 1.